The van der Waals surface area contributed by atoms with Gasteiger partial charge in [0.2, 0.25) is 0 Å². The van der Waals surface area contributed by atoms with Crippen LogP contribution in [0.15, 0.2) is 91.0 Å². The van der Waals surface area contributed by atoms with Gasteiger partial charge in [-0.2, -0.15) is 0 Å². The van der Waals surface area contributed by atoms with Gasteiger partial charge in [0.05, 0.1) is 5.60 Å². The SMILES string of the molecule is N[C@H](Cc1ccccc1)C(O)(Cc1ccccc1)Cc1ccccc1. The Morgan fingerprint density at radius 2 is 1.00 bits per heavy atom. The average molecular weight is 331 g/mol. The molecule has 0 spiro atoms. The van der Waals surface area contributed by atoms with Crippen molar-refractivity contribution < 1.29 is 5.11 Å². The number of benzene rings is 3. The molecule has 3 aromatic carbocycles. The van der Waals surface area contributed by atoms with Crippen molar-refractivity contribution >= 4 is 0 Å². The highest BCUT2D eigenvalue weighted by atomic mass is 16.3. The largest absolute Gasteiger partial charge is 0.388 e. The van der Waals surface area contributed by atoms with Crippen molar-refractivity contribution in [1.82, 2.24) is 0 Å². The molecule has 128 valence electrons. The molecule has 0 aliphatic carbocycles. The summed E-state index contributed by atoms with van der Waals surface area (Å²) < 4.78 is 0. The third kappa shape index (κ3) is 4.79. The molecular weight excluding hydrogens is 306 g/mol. The van der Waals surface area contributed by atoms with Gasteiger partial charge in [-0.15, -0.1) is 0 Å². The van der Waals surface area contributed by atoms with Crippen LogP contribution in [0.4, 0.5) is 0 Å². The third-order valence-electron chi connectivity index (χ3n) is 4.69. The van der Waals surface area contributed by atoms with Crippen molar-refractivity contribution in [3.63, 3.8) is 0 Å². The predicted molar refractivity (Wildman–Crippen MR) is 103 cm³/mol. The van der Waals surface area contributed by atoms with E-state index in [2.05, 4.69) is 12.1 Å². The van der Waals surface area contributed by atoms with Gasteiger partial charge in [0.1, 0.15) is 0 Å². The summed E-state index contributed by atoms with van der Waals surface area (Å²) in [5.74, 6) is 0. The fourth-order valence-electron chi connectivity index (χ4n) is 3.28. The summed E-state index contributed by atoms with van der Waals surface area (Å²) in [6.45, 7) is 0. The van der Waals surface area contributed by atoms with Gasteiger partial charge in [0.15, 0.2) is 0 Å². The number of nitrogens with two attached hydrogens (primary N) is 1. The van der Waals surface area contributed by atoms with Gasteiger partial charge in [0.25, 0.3) is 0 Å². The van der Waals surface area contributed by atoms with Gasteiger partial charge < -0.3 is 10.8 Å². The van der Waals surface area contributed by atoms with Crippen molar-refractivity contribution in [3.05, 3.63) is 108 Å². The molecule has 0 aliphatic rings. The van der Waals surface area contributed by atoms with Gasteiger partial charge in [-0.1, -0.05) is 91.0 Å². The highest BCUT2D eigenvalue weighted by Gasteiger charge is 2.34. The fraction of sp³-hybridized carbons (Fsp3) is 0.217. The Balaban J connectivity index is 1.84. The maximum absolute atomic E-state index is 11.5. The van der Waals surface area contributed by atoms with Crippen LogP contribution in [0, 0.1) is 0 Å². The highest BCUT2D eigenvalue weighted by Crippen LogP contribution is 2.24. The fourth-order valence-corrected chi connectivity index (χ4v) is 3.28. The molecule has 0 unspecified atom stereocenters. The lowest BCUT2D eigenvalue weighted by Crippen LogP contribution is -2.52. The maximum atomic E-state index is 11.5. The molecule has 0 saturated carbocycles. The van der Waals surface area contributed by atoms with E-state index in [-0.39, 0.29) is 6.04 Å². The minimum absolute atomic E-state index is 0.352. The monoisotopic (exact) mass is 331 g/mol. The Morgan fingerprint density at radius 3 is 1.40 bits per heavy atom. The lowest BCUT2D eigenvalue weighted by Gasteiger charge is -2.35. The van der Waals surface area contributed by atoms with E-state index in [0.29, 0.717) is 19.3 Å². The Hall–Kier alpha value is -2.42. The summed E-state index contributed by atoms with van der Waals surface area (Å²) in [5.41, 5.74) is 8.88. The molecule has 3 rings (SSSR count). The van der Waals surface area contributed by atoms with E-state index in [4.69, 9.17) is 5.73 Å². The first-order valence-corrected chi connectivity index (χ1v) is 8.75. The van der Waals surface area contributed by atoms with E-state index in [1.807, 2.05) is 78.9 Å². The van der Waals surface area contributed by atoms with E-state index < -0.39 is 5.60 Å². The van der Waals surface area contributed by atoms with Crippen LogP contribution in [0.1, 0.15) is 16.7 Å². The first kappa shape index (κ1) is 17.4. The van der Waals surface area contributed by atoms with E-state index >= 15 is 0 Å². The van der Waals surface area contributed by atoms with Crippen molar-refractivity contribution in [2.75, 3.05) is 0 Å². The molecule has 0 aromatic heterocycles. The quantitative estimate of drug-likeness (QED) is 0.692. The lowest BCUT2D eigenvalue weighted by atomic mass is 9.80. The predicted octanol–water partition coefficient (Wildman–Crippen LogP) is 3.77. The molecule has 1 atom stereocenters. The minimum Gasteiger partial charge on any atom is -0.388 e. The zero-order valence-corrected chi connectivity index (χ0v) is 14.4. The standard InChI is InChI=1S/C23H25NO/c24-22(16-19-10-4-1-5-11-19)23(25,17-20-12-6-2-7-13-20)18-21-14-8-3-9-15-21/h1-15,22,25H,16-18,24H2/t22-/m1/s1. The van der Waals surface area contributed by atoms with Crippen molar-refractivity contribution in [3.8, 4) is 0 Å². The number of rotatable bonds is 7. The summed E-state index contributed by atoms with van der Waals surface area (Å²) in [5, 5.41) is 11.5. The molecule has 0 heterocycles. The van der Waals surface area contributed by atoms with Crippen LogP contribution in [-0.2, 0) is 19.3 Å². The van der Waals surface area contributed by atoms with Gasteiger partial charge in [-0.25, -0.2) is 0 Å². The summed E-state index contributed by atoms with van der Waals surface area (Å²) in [6.07, 6.45) is 1.73. The van der Waals surface area contributed by atoms with E-state index in [0.717, 1.165) is 16.7 Å². The Morgan fingerprint density at radius 1 is 0.640 bits per heavy atom. The molecule has 3 N–H and O–H groups in total. The minimum atomic E-state index is -1.00. The van der Waals surface area contributed by atoms with Crippen LogP contribution < -0.4 is 5.73 Å². The smallest absolute Gasteiger partial charge is 0.0881 e. The normalized spacial score (nSPS) is 12.7. The molecule has 0 bridgehead atoms. The maximum Gasteiger partial charge on any atom is 0.0881 e. The second-order valence-corrected chi connectivity index (χ2v) is 6.72. The van der Waals surface area contributed by atoms with Crippen LogP contribution in [0.25, 0.3) is 0 Å². The van der Waals surface area contributed by atoms with Crippen LogP contribution in [0.5, 0.6) is 0 Å². The first-order chi connectivity index (χ1) is 12.2. The Bertz CT molecular complexity index is 714. The highest BCUT2D eigenvalue weighted by molar-refractivity contribution is 5.24. The molecule has 0 amide bonds. The van der Waals surface area contributed by atoms with Crippen LogP contribution in [-0.4, -0.2) is 16.7 Å². The number of hydrogen-bond acceptors (Lipinski definition) is 2. The first-order valence-electron chi connectivity index (χ1n) is 8.75. The molecule has 0 saturated heterocycles. The molecule has 0 radical (unpaired) electrons. The Labute approximate surface area is 150 Å². The zero-order chi connectivity index (χ0) is 17.5. The third-order valence-corrected chi connectivity index (χ3v) is 4.69. The van der Waals surface area contributed by atoms with Crippen molar-refractivity contribution in [1.29, 1.82) is 0 Å². The van der Waals surface area contributed by atoms with E-state index in [1.165, 1.54) is 0 Å². The molecule has 0 aliphatic heterocycles. The van der Waals surface area contributed by atoms with E-state index in [9.17, 15) is 5.11 Å². The van der Waals surface area contributed by atoms with E-state index in [1.54, 1.807) is 0 Å². The molecule has 25 heavy (non-hydrogen) atoms. The zero-order valence-electron chi connectivity index (χ0n) is 14.4. The molecule has 2 nitrogen and oxygen atoms in total. The van der Waals surface area contributed by atoms with Gasteiger partial charge in [-0.3, -0.25) is 0 Å². The average Bonchev–Trinajstić information content (AvgIpc) is 2.64. The molecular formula is C23H25NO. The van der Waals surface area contributed by atoms with Gasteiger partial charge >= 0.3 is 0 Å². The molecule has 0 fully saturated rings. The van der Waals surface area contributed by atoms with Gasteiger partial charge in [-0.05, 0) is 23.1 Å². The van der Waals surface area contributed by atoms with Crippen molar-refractivity contribution in [2.45, 2.75) is 30.9 Å². The summed E-state index contributed by atoms with van der Waals surface area (Å²) >= 11 is 0. The number of aliphatic hydroxyl groups is 1. The van der Waals surface area contributed by atoms with Crippen LogP contribution in [0.3, 0.4) is 0 Å². The molecule has 3 aromatic rings. The van der Waals surface area contributed by atoms with Gasteiger partial charge in [0, 0.05) is 18.9 Å². The molecule has 2 heteroatoms. The second kappa shape index (κ2) is 8.11. The summed E-state index contributed by atoms with van der Waals surface area (Å²) in [7, 11) is 0. The second-order valence-electron chi connectivity index (χ2n) is 6.72. The number of hydrogen-bond donors (Lipinski definition) is 2. The van der Waals surface area contributed by atoms with Crippen molar-refractivity contribution in [2.24, 2.45) is 5.73 Å². The van der Waals surface area contributed by atoms with Crippen LogP contribution >= 0.6 is 0 Å². The Kier molecular flexibility index (Phi) is 5.64. The summed E-state index contributed by atoms with van der Waals surface area (Å²) in [6, 6.07) is 30.0. The lowest BCUT2D eigenvalue weighted by molar-refractivity contribution is 0.0144. The topological polar surface area (TPSA) is 46.2 Å². The van der Waals surface area contributed by atoms with Crippen LogP contribution in [0.2, 0.25) is 0 Å². The summed E-state index contributed by atoms with van der Waals surface area (Å²) in [4.78, 5) is 0.